The number of benzene rings is 3. The fraction of sp³-hybridized carbons (Fsp3) is 0.382. The highest BCUT2D eigenvalue weighted by atomic mass is 16.5. The summed E-state index contributed by atoms with van der Waals surface area (Å²) in [5.41, 5.74) is 5.68. The van der Waals surface area contributed by atoms with Crippen molar-refractivity contribution >= 4 is 16.6 Å². The molecule has 1 spiro atoms. The Balaban J connectivity index is 1.27. The number of anilines is 1. The van der Waals surface area contributed by atoms with E-state index in [4.69, 9.17) is 9.72 Å². The molecule has 1 aromatic heterocycles. The lowest BCUT2D eigenvalue weighted by Crippen LogP contribution is -2.74. The van der Waals surface area contributed by atoms with Gasteiger partial charge in [0.1, 0.15) is 0 Å². The van der Waals surface area contributed by atoms with Crippen LogP contribution >= 0.6 is 0 Å². The number of pyridine rings is 1. The number of para-hydroxylation sites is 1. The first-order chi connectivity index (χ1) is 19.6. The van der Waals surface area contributed by atoms with Crippen molar-refractivity contribution in [1.29, 1.82) is 0 Å². The molecule has 2 fully saturated rings. The van der Waals surface area contributed by atoms with Gasteiger partial charge in [-0.15, -0.1) is 0 Å². The van der Waals surface area contributed by atoms with Gasteiger partial charge < -0.3 is 20.3 Å². The van der Waals surface area contributed by atoms with Gasteiger partial charge in [0.05, 0.1) is 22.2 Å². The minimum atomic E-state index is -1.03. The summed E-state index contributed by atoms with van der Waals surface area (Å²) in [6.07, 6.45) is 4.21. The van der Waals surface area contributed by atoms with E-state index in [1.54, 1.807) is 6.07 Å². The summed E-state index contributed by atoms with van der Waals surface area (Å²) in [6, 6.07) is 22.5. The molecule has 40 heavy (non-hydrogen) atoms. The van der Waals surface area contributed by atoms with Crippen LogP contribution < -0.4 is 10.1 Å². The van der Waals surface area contributed by atoms with Gasteiger partial charge in [-0.05, 0) is 61.4 Å². The molecule has 0 amide bonds. The Kier molecular flexibility index (Phi) is 4.62. The highest BCUT2D eigenvalue weighted by molar-refractivity contribution is 5.94. The average Bonchev–Trinajstić information content (AvgIpc) is 3.71. The number of aromatic nitrogens is 1. The molecule has 0 unspecified atom stereocenters. The van der Waals surface area contributed by atoms with Gasteiger partial charge in [-0.25, -0.2) is 4.98 Å². The predicted octanol–water partition coefficient (Wildman–Crippen LogP) is 5.25. The van der Waals surface area contributed by atoms with Crippen LogP contribution in [0.15, 0.2) is 66.7 Å². The monoisotopic (exact) mass is 531 g/mol. The van der Waals surface area contributed by atoms with Crippen molar-refractivity contribution in [2.45, 2.75) is 61.8 Å². The van der Waals surface area contributed by atoms with Gasteiger partial charge in [-0.1, -0.05) is 54.6 Å². The molecule has 202 valence electrons. The number of fused-ring (bicyclic) bond motifs is 3. The fourth-order valence-corrected chi connectivity index (χ4v) is 8.58. The lowest BCUT2D eigenvalue weighted by molar-refractivity contribution is -0.173. The first kappa shape index (κ1) is 23.1. The van der Waals surface area contributed by atoms with Crippen LogP contribution in [0.3, 0.4) is 0 Å². The number of aliphatic hydroxyl groups is 1. The molecule has 0 radical (unpaired) electrons. The molecule has 3 aliphatic carbocycles. The molecular weight excluding hydrogens is 498 g/mol. The number of phenolic OH excluding ortho intramolecular Hbond substituents is 1. The zero-order chi connectivity index (χ0) is 26.6. The predicted molar refractivity (Wildman–Crippen MR) is 154 cm³/mol. The van der Waals surface area contributed by atoms with Crippen LogP contribution in [0.1, 0.15) is 53.3 Å². The number of hydrogen-bond donors (Lipinski definition) is 3. The minimum absolute atomic E-state index is 0.00228. The van der Waals surface area contributed by atoms with Gasteiger partial charge in [-0.3, -0.25) is 4.90 Å². The number of nitrogens with zero attached hydrogens (tertiary/aromatic N) is 2. The molecule has 3 N–H and O–H groups in total. The summed E-state index contributed by atoms with van der Waals surface area (Å²) >= 11 is 0. The fourth-order valence-electron chi connectivity index (χ4n) is 8.58. The first-order valence-electron chi connectivity index (χ1n) is 14.7. The van der Waals surface area contributed by atoms with Crippen LogP contribution in [0.5, 0.6) is 11.5 Å². The first-order valence-corrected chi connectivity index (χ1v) is 14.7. The molecule has 1 saturated carbocycles. The van der Waals surface area contributed by atoms with Gasteiger partial charge in [0.15, 0.2) is 17.6 Å². The van der Waals surface area contributed by atoms with E-state index in [2.05, 4.69) is 58.7 Å². The number of likely N-dealkylation sites (tertiary alicyclic amines) is 1. The van der Waals surface area contributed by atoms with Crippen LogP contribution in [-0.2, 0) is 24.8 Å². The molecule has 3 heterocycles. The topological polar surface area (TPSA) is 77.8 Å². The molecular formula is C34H33N3O3. The maximum absolute atomic E-state index is 13.2. The molecule has 4 atom stereocenters. The van der Waals surface area contributed by atoms with Crippen LogP contribution in [-0.4, -0.2) is 44.8 Å². The standard InChI is InChI=1S/C34H33N3O3/c38-26-13-12-22-16-27-34(39)17-24-29(35-18-20-6-2-1-3-7-20)23-8-4-5-9-25(23)36-30(24)32-33(34,28(22)31(26)40-32)14-15-37(27)19-21-10-11-21/h1-9,12-13,21,27,32,38-39H,10-11,14-19H2,(H,35,36)/t27-,32+,33+,34-/m1/s1. The maximum atomic E-state index is 13.2. The van der Waals surface area contributed by atoms with Crippen molar-refractivity contribution in [3.63, 3.8) is 0 Å². The number of phenols is 1. The summed E-state index contributed by atoms with van der Waals surface area (Å²) < 4.78 is 6.78. The number of rotatable bonds is 5. The summed E-state index contributed by atoms with van der Waals surface area (Å²) in [5.74, 6) is 1.46. The smallest absolute Gasteiger partial charge is 0.166 e. The van der Waals surface area contributed by atoms with Gasteiger partial charge >= 0.3 is 0 Å². The molecule has 6 heteroatoms. The zero-order valence-electron chi connectivity index (χ0n) is 22.4. The number of ether oxygens (including phenoxy) is 1. The summed E-state index contributed by atoms with van der Waals surface area (Å²) in [4.78, 5) is 7.83. The van der Waals surface area contributed by atoms with Crippen molar-refractivity contribution in [1.82, 2.24) is 9.88 Å². The van der Waals surface area contributed by atoms with E-state index >= 15 is 0 Å². The Morgan fingerprint density at radius 2 is 1.85 bits per heavy atom. The second kappa shape index (κ2) is 7.99. The Bertz CT molecular complexity index is 1690. The Labute approximate surface area is 233 Å². The SMILES string of the molecule is Oc1ccc2c3c1O[C@H]1c4nc5ccccc5c(NCc5ccccc5)c4C[C@@]4(O)[C@@H](C2)N(CC2CC2)CC[C@]314. The zero-order valence-corrected chi connectivity index (χ0v) is 22.4. The van der Waals surface area contributed by atoms with Gasteiger partial charge in [0.2, 0.25) is 0 Å². The van der Waals surface area contributed by atoms with E-state index in [0.717, 1.165) is 65.3 Å². The number of hydrogen-bond acceptors (Lipinski definition) is 6. The summed E-state index contributed by atoms with van der Waals surface area (Å²) in [7, 11) is 0. The highest BCUT2D eigenvalue weighted by Gasteiger charge is 2.73. The molecule has 2 bridgehead atoms. The van der Waals surface area contributed by atoms with Crippen LogP contribution in [0.25, 0.3) is 10.9 Å². The van der Waals surface area contributed by atoms with Gasteiger partial charge in [0.25, 0.3) is 0 Å². The van der Waals surface area contributed by atoms with Crippen molar-refractivity contribution in [3.8, 4) is 11.5 Å². The number of aromatic hydroxyl groups is 1. The third-order valence-electron chi connectivity index (χ3n) is 10.5. The lowest BCUT2D eigenvalue weighted by atomic mass is 9.48. The Hall–Kier alpha value is -3.61. The van der Waals surface area contributed by atoms with E-state index in [9.17, 15) is 10.2 Å². The second-order valence-electron chi connectivity index (χ2n) is 12.6. The van der Waals surface area contributed by atoms with E-state index in [1.807, 2.05) is 12.1 Å². The van der Waals surface area contributed by atoms with Crippen LogP contribution in [0, 0.1) is 5.92 Å². The molecule has 6 nitrogen and oxygen atoms in total. The largest absolute Gasteiger partial charge is 0.504 e. The van der Waals surface area contributed by atoms with Crippen molar-refractivity contribution in [3.05, 3.63) is 94.7 Å². The normalized spacial score (nSPS) is 29.5. The summed E-state index contributed by atoms with van der Waals surface area (Å²) in [6.45, 7) is 2.66. The highest BCUT2D eigenvalue weighted by Crippen LogP contribution is 2.69. The van der Waals surface area contributed by atoms with E-state index in [-0.39, 0.29) is 11.8 Å². The molecule has 5 aliphatic rings. The Morgan fingerprint density at radius 3 is 2.70 bits per heavy atom. The molecule has 4 aromatic rings. The summed E-state index contributed by atoms with van der Waals surface area (Å²) in [5, 5.41) is 29.0. The second-order valence-corrected chi connectivity index (χ2v) is 12.6. The van der Waals surface area contributed by atoms with Crippen LogP contribution in [0.2, 0.25) is 0 Å². The minimum Gasteiger partial charge on any atom is -0.504 e. The number of nitrogens with one attached hydrogen (secondary N) is 1. The number of piperidine rings is 1. The quantitative estimate of drug-likeness (QED) is 0.327. The maximum Gasteiger partial charge on any atom is 0.166 e. The van der Waals surface area contributed by atoms with Crippen molar-refractivity contribution in [2.75, 3.05) is 18.4 Å². The molecule has 9 rings (SSSR count). The third-order valence-corrected chi connectivity index (χ3v) is 10.5. The van der Waals surface area contributed by atoms with Crippen molar-refractivity contribution in [2.24, 2.45) is 5.92 Å². The molecule has 2 aliphatic heterocycles. The van der Waals surface area contributed by atoms with Gasteiger partial charge in [0, 0.05) is 47.8 Å². The average molecular weight is 532 g/mol. The third kappa shape index (κ3) is 2.93. The van der Waals surface area contributed by atoms with E-state index < -0.39 is 17.1 Å². The van der Waals surface area contributed by atoms with Crippen LogP contribution in [0.4, 0.5) is 5.69 Å². The van der Waals surface area contributed by atoms with E-state index in [0.29, 0.717) is 18.7 Å². The molecule has 3 aromatic carbocycles. The molecule has 1 saturated heterocycles. The lowest BCUT2D eigenvalue weighted by Gasteiger charge is -2.63. The van der Waals surface area contributed by atoms with Crippen molar-refractivity contribution < 1.29 is 14.9 Å². The van der Waals surface area contributed by atoms with Gasteiger partial charge in [-0.2, -0.15) is 0 Å². The Morgan fingerprint density at radius 1 is 1.02 bits per heavy atom. The van der Waals surface area contributed by atoms with E-state index in [1.165, 1.54) is 24.0 Å².